The van der Waals surface area contributed by atoms with Crippen molar-refractivity contribution < 1.29 is 14.6 Å². The molecule has 0 aromatic heterocycles. The first-order valence-corrected chi connectivity index (χ1v) is 4.63. The van der Waals surface area contributed by atoms with Crippen molar-refractivity contribution in [1.82, 2.24) is 0 Å². The third-order valence-electron chi connectivity index (χ3n) is 2.25. The van der Waals surface area contributed by atoms with Gasteiger partial charge in [-0.3, -0.25) is 0 Å². The average Bonchev–Trinajstić information content (AvgIpc) is 2.66. The summed E-state index contributed by atoms with van der Waals surface area (Å²) in [5.41, 5.74) is 6.26. The Hall–Kier alpha value is -1.42. The summed E-state index contributed by atoms with van der Waals surface area (Å²) < 4.78 is 10.3. The molecule has 0 saturated heterocycles. The highest BCUT2D eigenvalue weighted by Crippen LogP contribution is 2.42. The van der Waals surface area contributed by atoms with E-state index in [1.54, 1.807) is 0 Å². The molecule has 4 heteroatoms. The lowest BCUT2D eigenvalue weighted by atomic mass is 10.1. The zero-order valence-electron chi connectivity index (χ0n) is 7.82. The van der Waals surface area contributed by atoms with Crippen LogP contribution < -0.4 is 15.2 Å². The molecule has 0 atom stereocenters. The van der Waals surface area contributed by atoms with E-state index < -0.39 is 0 Å². The maximum absolute atomic E-state index is 9.79. The molecule has 3 N–H and O–H groups in total. The lowest BCUT2D eigenvalue weighted by Gasteiger charge is -2.05. The van der Waals surface area contributed by atoms with Crippen LogP contribution in [-0.4, -0.2) is 18.4 Å². The molecule has 4 nitrogen and oxygen atoms in total. The molecule has 0 aliphatic carbocycles. The van der Waals surface area contributed by atoms with Gasteiger partial charge in [-0.2, -0.15) is 0 Å². The van der Waals surface area contributed by atoms with Gasteiger partial charge in [-0.15, -0.1) is 0 Å². The number of ether oxygens (including phenoxy) is 2. The van der Waals surface area contributed by atoms with Crippen molar-refractivity contribution in [2.24, 2.45) is 5.73 Å². The zero-order chi connectivity index (χ0) is 9.97. The number of hydrogen-bond donors (Lipinski definition) is 2. The summed E-state index contributed by atoms with van der Waals surface area (Å²) in [7, 11) is 0. The van der Waals surface area contributed by atoms with E-state index in [1.165, 1.54) is 0 Å². The quantitative estimate of drug-likeness (QED) is 0.755. The van der Waals surface area contributed by atoms with Crippen LogP contribution >= 0.6 is 0 Å². The molecule has 0 bridgehead atoms. The lowest BCUT2D eigenvalue weighted by molar-refractivity contribution is 0.171. The first kappa shape index (κ1) is 9.15. The second-order valence-corrected chi connectivity index (χ2v) is 3.20. The van der Waals surface area contributed by atoms with Gasteiger partial charge in [-0.1, -0.05) is 6.07 Å². The molecular formula is C10H13NO3. The largest absolute Gasteiger partial charge is 0.504 e. The highest BCUT2D eigenvalue weighted by Gasteiger charge is 2.19. The number of phenolic OH excluding ortho intramolecular Hbond substituents is 1. The van der Waals surface area contributed by atoms with Crippen LogP contribution in [-0.2, 0) is 6.42 Å². The lowest BCUT2D eigenvalue weighted by Crippen LogP contribution is -2.00. The summed E-state index contributed by atoms with van der Waals surface area (Å²) in [4.78, 5) is 0. The maximum atomic E-state index is 9.79. The second-order valence-electron chi connectivity index (χ2n) is 3.20. The van der Waals surface area contributed by atoms with E-state index in [1.807, 2.05) is 12.1 Å². The van der Waals surface area contributed by atoms with Gasteiger partial charge in [0.15, 0.2) is 11.5 Å². The monoisotopic (exact) mass is 195 g/mol. The van der Waals surface area contributed by atoms with Gasteiger partial charge < -0.3 is 20.3 Å². The van der Waals surface area contributed by atoms with Crippen LogP contribution in [0.25, 0.3) is 0 Å². The van der Waals surface area contributed by atoms with Gasteiger partial charge in [-0.25, -0.2) is 0 Å². The molecule has 0 radical (unpaired) electrons. The first-order valence-electron chi connectivity index (χ1n) is 4.63. The summed E-state index contributed by atoms with van der Waals surface area (Å²) in [6.07, 6.45) is 1.62. The molecule has 1 aromatic rings. The normalized spacial score (nSPS) is 13.2. The Kier molecular flexibility index (Phi) is 2.45. The van der Waals surface area contributed by atoms with E-state index in [-0.39, 0.29) is 12.5 Å². The van der Waals surface area contributed by atoms with Gasteiger partial charge in [0.05, 0.1) is 0 Å². The molecule has 0 amide bonds. The molecule has 0 unspecified atom stereocenters. The van der Waals surface area contributed by atoms with E-state index >= 15 is 0 Å². The molecule has 0 fully saturated rings. The van der Waals surface area contributed by atoms with Crippen molar-refractivity contribution in [3.8, 4) is 17.2 Å². The van der Waals surface area contributed by atoms with Crippen molar-refractivity contribution in [2.75, 3.05) is 13.3 Å². The van der Waals surface area contributed by atoms with Crippen LogP contribution in [0.1, 0.15) is 12.0 Å². The molecule has 76 valence electrons. The Morgan fingerprint density at radius 3 is 3.00 bits per heavy atom. The first-order chi connectivity index (χ1) is 6.83. The van der Waals surface area contributed by atoms with Crippen molar-refractivity contribution in [3.63, 3.8) is 0 Å². The Morgan fingerprint density at radius 1 is 1.36 bits per heavy atom. The van der Waals surface area contributed by atoms with Gasteiger partial charge in [0.1, 0.15) is 0 Å². The third-order valence-corrected chi connectivity index (χ3v) is 2.25. The van der Waals surface area contributed by atoms with Crippen molar-refractivity contribution in [2.45, 2.75) is 12.8 Å². The van der Waals surface area contributed by atoms with Crippen molar-refractivity contribution in [3.05, 3.63) is 17.7 Å². The third kappa shape index (κ3) is 1.48. The van der Waals surface area contributed by atoms with E-state index in [0.29, 0.717) is 18.0 Å². The van der Waals surface area contributed by atoms with Crippen LogP contribution in [0, 0.1) is 0 Å². The highest BCUT2D eigenvalue weighted by atomic mass is 16.7. The molecule has 0 saturated carbocycles. The van der Waals surface area contributed by atoms with Gasteiger partial charge in [-0.05, 0) is 31.0 Å². The number of rotatable bonds is 3. The Morgan fingerprint density at radius 2 is 2.21 bits per heavy atom. The van der Waals surface area contributed by atoms with E-state index in [9.17, 15) is 5.11 Å². The Bertz CT molecular complexity index is 338. The highest BCUT2D eigenvalue weighted by molar-refractivity contribution is 5.56. The van der Waals surface area contributed by atoms with Gasteiger partial charge in [0, 0.05) is 0 Å². The standard InChI is InChI=1S/C10H13NO3/c11-5-1-2-7-3-4-8-10(9(7)12)14-6-13-8/h3-4,12H,1-2,5-6,11H2. The number of aryl methyl sites for hydroxylation is 1. The summed E-state index contributed by atoms with van der Waals surface area (Å²) >= 11 is 0. The van der Waals surface area contributed by atoms with Crippen LogP contribution in [0.4, 0.5) is 0 Å². The van der Waals surface area contributed by atoms with E-state index in [0.717, 1.165) is 18.4 Å². The predicted octanol–water partition coefficient (Wildman–Crippen LogP) is 1.01. The number of aromatic hydroxyl groups is 1. The van der Waals surface area contributed by atoms with Crippen molar-refractivity contribution in [1.29, 1.82) is 0 Å². The molecule has 1 heterocycles. The zero-order valence-corrected chi connectivity index (χ0v) is 7.82. The summed E-state index contributed by atoms with van der Waals surface area (Å²) in [5, 5.41) is 9.79. The fourth-order valence-electron chi connectivity index (χ4n) is 1.49. The number of fused-ring (bicyclic) bond motifs is 1. The molecule has 0 spiro atoms. The SMILES string of the molecule is NCCCc1ccc2c(c1O)OCO2. The Balaban J connectivity index is 2.26. The minimum atomic E-state index is 0.184. The topological polar surface area (TPSA) is 64.7 Å². The molecule has 1 aliphatic heterocycles. The van der Waals surface area contributed by atoms with Crippen molar-refractivity contribution >= 4 is 0 Å². The minimum Gasteiger partial charge on any atom is -0.504 e. The van der Waals surface area contributed by atoms with E-state index in [4.69, 9.17) is 15.2 Å². The predicted molar refractivity (Wildman–Crippen MR) is 51.6 cm³/mol. The summed E-state index contributed by atoms with van der Waals surface area (Å²) in [6.45, 7) is 0.803. The van der Waals surface area contributed by atoms with Crippen LogP contribution in [0.15, 0.2) is 12.1 Å². The second kappa shape index (κ2) is 3.75. The van der Waals surface area contributed by atoms with Gasteiger partial charge in [0.25, 0.3) is 0 Å². The van der Waals surface area contributed by atoms with Gasteiger partial charge >= 0.3 is 0 Å². The maximum Gasteiger partial charge on any atom is 0.231 e. The van der Waals surface area contributed by atoms with E-state index in [2.05, 4.69) is 0 Å². The molecule has 1 aliphatic rings. The fourth-order valence-corrected chi connectivity index (χ4v) is 1.49. The molecule has 2 rings (SSSR count). The molecule has 1 aromatic carbocycles. The number of hydrogen-bond acceptors (Lipinski definition) is 4. The number of benzene rings is 1. The van der Waals surface area contributed by atoms with Crippen LogP contribution in [0.2, 0.25) is 0 Å². The summed E-state index contributed by atoms with van der Waals surface area (Å²) in [5.74, 6) is 1.26. The Labute approximate surface area is 82.2 Å². The number of nitrogens with two attached hydrogens (primary N) is 1. The van der Waals surface area contributed by atoms with Gasteiger partial charge in [0.2, 0.25) is 12.5 Å². The summed E-state index contributed by atoms with van der Waals surface area (Å²) in [6, 6.07) is 3.66. The van der Waals surface area contributed by atoms with Crippen LogP contribution in [0.3, 0.4) is 0 Å². The fraction of sp³-hybridized carbons (Fsp3) is 0.400. The average molecular weight is 195 g/mol. The number of phenols is 1. The van der Waals surface area contributed by atoms with Crippen LogP contribution in [0.5, 0.6) is 17.2 Å². The molecular weight excluding hydrogens is 182 g/mol. The minimum absolute atomic E-state index is 0.184. The smallest absolute Gasteiger partial charge is 0.231 e. The molecule has 14 heavy (non-hydrogen) atoms.